The lowest BCUT2D eigenvalue weighted by molar-refractivity contribution is 0.445. The van der Waals surface area contributed by atoms with Crippen molar-refractivity contribution in [2.24, 2.45) is 5.73 Å². The summed E-state index contributed by atoms with van der Waals surface area (Å²) in [6.45, 7) is 0.692. The van der Waals surface area contributed by atoms with Gasteiger partial charge in [0, 0.05) is 12.0 Å². The topological polar surface area (TPSA) is 69.1 Å². The van der Waals surface area contributed by atoms with E-state index < -0.39 is 0 Å². The van der Waals surface area contributed by atoms with E-state index in [9.17, 15) is 0 Å². The van der Waals surface area contributed by atoms with E-state index in [0.29, 0.717) is 6.54 Å². The Kier molecular flexibility index (Phi) is 2.00. The maximum absolute atomic E-state index is 5.91. The zero-order valence-corrected chi connectivity index (χ0v) is 9.20. The molecule has 1 aliphatic carbocycles. The van der Waals surface area contributed by atoms with Gasteiger partial charge in [0.05, 0.1) is 0 Å². The smallest absolute Gasteiger partial charge is 0.234 e. The predicted octanol–water partition coefficient (Wildman–Crippen LogP) is 0.956. The Balaban J connectivity index is 2.08. The molecule has 2 aromatic heterocycles. The van der Waals surface area contributed by atoms with E-state index in [2.05, 4.69) is 15.3 Å². The SMILES string of the molecule is NCC1(c2nn3cnnc3s2)CCCC1. The van der Waals surface area contributed by atoms with Crippen molar-refractivity contribution in [1.29, 1.82) is 0 Å². The van der Waals surface area contributed by atoms with Gasteiger partial charge in [-0.25, -0.2) is 0 Å². The van der Waals surface area contributed by atoms with Crippen LogP contribution in [0.5, 0.6) is 0 Å². The van der Waals surface area contributed by atoms with Crippen LogP contribution in [0.15, 0.2) is 6.33 Å². The Bertz CT molecular complexity index is 439. The fourth-order valence-electron chi connectivity index (χ4n) is 2.33. The van der Waals surface area contributed by atoms with Gasteiger partial charge in [0.2, 0.25) is 4.96 Å². The molecule has 6 heteroatoms. The minimum Gasteiger partial charge on any atom is -0.329 e. The van der Waals surface area contributed by atoms with Gasteiger partial charge < -0.3 is 5.73 Å². The number of rotatable bonds is 2. The summed E-state index contributed by atoms with van der Waals surface area (Å²) in [5.41, 5.74) is 6.03. The molecule has 1 fully saturated rings. The molecule has 0 radical (unpaired) electrons. The summed E-state index contributed by atoms with van der Waals surface area (Å²) in [6, 6.07) is 0. The molecule has 80 valence electrons. The normalized spacial score (nSPS) is 20.1. The molecule has 0 unspecified atom stereocenters. The van der Waals surface area contributed by atoms with Crippen molar-refractivity contribution in [3.8, 4) is 0 Å². The van der Waals surface area contributed by atoms with Gasteiger partial charge in [0.25, 0.3) is 0 Å². The maximum Gasteiger partial charge on any atom is 0.234 e. The number of aromatic nitrogens is 4. The van der Waals surface area contributed by atoms with Crippen LogP contribution >= 0.6 is 11.3 Å². The fraction of sp³-hybridized carbons (Fsp3) is 0.667. The van der Waals surface area contributed by atoms with E-state index in [1.807, 2.05) is 0 Å². The lowest BCUT2D eigenvalue weighted by Gasteiger charge is -2.23. The lowest BCUT2D eigenvalue weighted by atomic mass is 9.87. The monoisotopic (exact) mass is 223 g/mol. The third-order valence-electron chi connectivity index (χ3n) is 3.29. The van der Waals surface area contributed by atoms with E-state index >= 15 is 0 Å². The molecule has 1 aliphatic rings. The molecule has 2 heterocycles. The first-order valence-corrected chi connectivity index (χ1v) is 6.03. The summed E-state index contributed by atoms with van der Waals surface area (Å²) in [6.07, 6.45) is 6.49. The van der Waals surface area contributed by atoms with Crippen molar-refractivity contribution in [2.45, 2.75) is 31.1 Å². The van der Waals surface area contributed by atoms with Crippen LogP contribution in [0.4, 0.5) is 0 Å². The van der Waals surface area contributed by atoms with Crippen molar-refractivity contribution in [3.05, 3.63) is 11.3 Å². The Morgan fingerprint density at radius 3 is 2.93 bits per heavy atom. The predicted molar refractivity (Wildman–Crippen MR) is 57.9 cm³/mol. The van der Waals surface area contributed by atoms with E-state index in [-0.39, 0.29) is 5.41 Å². The van der Waals surface area contributed by atoms with Crippen molar-refractivity contribution in [3.63, 3.8) is 0 Å². The first-order chi connectivity index (χ1) is 7.34. The summed E-state index contributed by atoms with van der Waals surface area (Å²) >= 11 is 1.62. The Hall–Kier alpha value is -1.01. The highest BCUT2D eigenvalue weighted by Crippen LogP contribution is 2.41. The van der Waals surface area contributed by atoms with Gasteiger partial charge >= 0.3 is 0 Å². The van der Waals surface area contributed by atoms with Crippen molar-refractivity contribution < 1.29 is 0 Å². The van der Waals surface area contributed by atoms with E-state index in [1.54, 1.807) is 22.2 Å². The highest BCUT2D eigenvalue weighted by molar-refractivity contribution is 7.16. The maximum atomic E-state index is 5.91. The zero-order valence-electron chi connectivity index (χ0n) is 8.39. The van der Waals surface area contributed by atoms with E-state index in [4.69, 9.17) is 5.73 Å². The molecule has 0 aromatic carbocycles. The summed E-state index contributed by atoms with van der Waals surface area (Å²) < 4.78 is 1.75. The number of fused-ring (bicyclic) bond motifs is 1. The van der Waals surface area contributed by atoms with Crippen LogP contribution in [0.1, 0.15) is 30.7 Å². The van der Waals surface area contributed by atoms with Gasteiger partial charge in [0.1, 0.15) is 11.3 Å². The average Bonchev–Trinajstić information content (AvgIpc) is 2.92. The van der Waals surface area contributed by atoms with Gasteiger partial charge in [-0.2, -0.15) is 9.61 Å². The molecule has 0 atom stereocenters. The van der Waals surface area contributed by atoms with Crippen LogP contribution in [-0.4, -0.2) is 26.4 Å². The molecule has 15 heavy (non-hydrogen) atoms. The molecular formula is C9H13N5S. The van der Waals surface area contributed by atoms with Gasteiger partial charge in [-0.15, -0.1) is 10.2 Å². The summed E-state index contributed by atoms with van der Waals surface area (Å²) in [5.74, 6) is 0. The third-order valence-corrected chi connectivity index (χ3v) is 4.45. The first-order valence-electron chi connectivity index (χ1n) is 5.21. The largest absolute Gasteiger partial charge is 0.329 e. The quantitative estimate of drug-likeness (QED) is 0.823. The molecule has 0 spiro atoms. The average molecular weight is 223 g/mol. The molecule has 0 aliphatic heterocycles. The van der Waals surface area contributed by atoms with Gasteiger partial charge in [0.15, 0.2) is 0 Å². The molecule has 2 aromatic rings. The van der Waals surface area contributed by atoms with Gasteiger partial charge in [-0.1, -0.05) is 24.2 Å². The highest BCUT2D eigenvalue weighted by atomic mass is 32.1. The third kappa shape index (κ3) is 1.28. The minimum absolute atomic E-state index is 0.116. The van der Waals surface area contributed by atoms with Gasteiger partial charge in [-0.3, -0.25) is 0 Å². The molecule has 0 amide bonds. The number of hydrogen-bond donors (Lipinski definition) is 1. The second kappa shape index (κ2) is 3.24. The summed E-state index contributed by atoms with van der Waals surface area (Å²) in [5, 5.41) is 13.5. The lowest BCUT2D eigenvalue weighted by Crippen LogP contribution is -2.32. The number of nitrogens with zero attached hydrogens (tertiary/aromatic N) is 4. The van der Waals surface area contributed by atoms with E-state index in [1.165, 1.54) is 12.8 Å². The van der Waals surface area contributed by atoms with Crippen LogP contribution in [0, 0.1) is 0 Å². The molecule has 3 rings (SSSR count). The van der Waals surface area contributed by atoms with Crippen molar-refractivity contribution in [2.75, 3.05) is 6.54 Å². The van der Waals surface area contributed by atoms with Crippen LogP contribution in [-0.2, 0) is 5.41 Å². The number of hydrogen-bond acceptors (Lipinski definition) is 5. The zero-order chi connectivity index (χ0) is 10.3. The highest BCUT2D eigenvalue weighted by Gasteiger charge is 2.37. The summed E-state index contributed by atoms with van der Waals surface area (Å²) in [4.78, 5) is 0.865. The standard InChI is InChI=1S/C9H13N5S/c10-5-9(3-1-2-4-9)7-13-14-6-11-12-8(14)15-7/h6H,1-5,10H2. The molecule has 2 N–H and O–H groups in total. The first kappa shape index (κ1) is 9.23. The van der Waals surface area contributed by atoms with Crippen molar-refractivity contribution >= 4 is 16.3 Å². The van der Waals surface area contributed by atoms with Crippen LogP contribution in [0.3, 0.4) is 0 Å². The van der Waals surface area contributed by atoms with Crippen LogP contribution < -0.4 is 5.73 Å². The number of nitrogens with two attached hydrogens (primary N) is 1. The van der Waals surface area contributed by atoms with Crippen molar-refractivity contribution in [1.82, 2.24) is 19.8 Å². The molecule has 5 nitrogen and oxygen atoms in total. The second-order valence-corrected chi connectivity index (χ2v) is 5.11. The minimum atomic E-state index is 0.116. The molecular weight excluding hydrogens is 210 g/mol. The molecule has 0 bridgehead atoms. The second-order valence-electron chi connectivity index (χ2n) is 4.16. The molecule has 1 saturated carbocycles. The van der Waals surface area contributed by atoms with Gasteiger partial charge in [-0.05, 0) is 12.8 Å². The Morgan fingerprint density at radius 1 is 1.47 bits per heavy atom. The van der Waals surface area contributed by atoms with Crippen LogP contribution in [0.25, 0.3) is 4.96 Å². The molecule has 0 saturated heterocycles. The fourth-order valence-corrected chi connectivity index (χ4v) is 3.41. The van der Waals surface area contributed by atoms with Crippen LogP contribution in [0.2, 0.25) is 0 Å². The summed E-state index contributed by atoms with van der Waals surface area (Å²) in [7, 11) is 0. The van der Waals surface area contributed by atoms with E-state index in [0.717, 1.165) is 22.8 Å². The Labute approximate surface area is 91.3 Å². The Morgan fingerprint density at radius 2 is 2.27 bits per heavy atom.